The number of ether oxygens (including phenoxy) is 2. The lowest BCUT2D eigenvalue weighted by Gasteiger charge is -2.08. The van der Waals surface area contributed by atoms with Crippen molar-refractivity contribution in [2.75, 3.05) is 14.2 Å². The first kappa shape index (κ1) is 9.34. The molecule has 2 nitrogen and oxygen atoms in total. The van der Waals surface area contributed by atoms with Crippen molar-refractivity contribution in [3.8, 4) is 11.5 Å². The number of hydrogen-bond donors (Lipinski definition) is 0. The number of fused-ring (bicyclic) bond motifs is 1. The molecule has 0 aliphatic rings. The van der Waals surface area contributed by atoms with E-state index in [9.17, 15) is 0 Å². The van der Waals surface area contributed by atoms with E-state index >= 15 is 0 Å². The molecule has 14 heavy (non-hydrogen) atoms. The Balaban J connectivity index is 2.81. The Bertz CT molecular complexity index is 460. The molecule has 0 aliphatic heterocycles. The molecule has 2 rings (SSSR count). The average molecular weight is 208 g/mol. The number of rotatable bonds is 2. The summed E-state index contributed by atoms with van der Waals surface area (Å²) in [5.74, 6) is 1.63. The molecule has 0 amide bonds. The topological polar surface area (TPSA) is 18.5 Å². The zero-order chi connectivity index (χ0) is 10.1. The lowest BCUT2D eigenvalue weighted by molar-refractivity contribution is 0.358. The molecule has 1 aromatic heterocycles. The van der Waals surface area contributed by atoms with Gasteiger partial charge in [-0.3, -0.25) is 0 Å². The van der Waals surface area contributed by atoms with Gasteiger partial charge in [-0.1, -0.05) is 0 Å². The summed E-state index contributed by atoms with van der Waals surface area (Å²) < 4.78 is 10.6. The zero-order valence-electron chi connectivity index (χ0n) is 8.46. The lowest BCUT2D eigenvalue weighted by atomic mass is 10.1. The number of methoxy groups -OCH3 is 2. The number of hydrogen-bond acceptors (Lipinski definition) is 3. The molecule has 0 fully saturated rings. The Morgan fingerprint density at radius 3 is 2.57 bits per heavy atom. The average Bonchev–Trinajstić information content (AvgIpc) is 2.59. The summed E-state index contributed by atoms with van der Waals surface area (Å²) in [6.45, 7) is 2.09. The molecular formula is C11H12O2S. The van der Waals surface area contributed by atoms with Crippen LogP contribution in [0.2, 0.25) is 0 Å². The number of aryl methyl sites for hydroxylation is 1. The second kappa shape index (κ2) is 3.50. The molecule has 74 valence electrons. The minimum absolute atomic E-state index is 0.793. The molecule has 0 saturated heterocycles. The van der Waals surface area contributed by atoms with Gasteiger partial charge in [0, 0.05) is 10.3 Å². The summed E-state index contributed by atoms with van der Waals surface area (Å²) in [7, 11) is 3.33. The Labute approximate surface area is 87.1 Å². The maximum Gasteiger partial charge on any atom is 0.169 e. The summed E-state index contributed by atoms with van der Waals surface area (Å²) >= 11 is 1.73. The molecule has 0 aliphatic carbocycles. The van der Waals surface area contributed by atoms with Gasteiger partial charge in [0.1, 0.15) is 0 Å². The van der Waals surface area contributed by atoms with E-state index in [2.05, 4.69) is 18.4 Å². The quantitative estimate of drug-likeness (QED) is 0.754. The molecule has 0 spiro atoms. The third-order valence-corrected chi connectivity index (χ3v) is 3.22. The fourth-order valence-corrected chi connectivity index (χ4v) is 2.44. The third-order valence-electron chi connectivity index (χ3n) is 2.29. The van der Waals surface area contributed by atoms with Gasteiger partial charge in [-0.05, 0) is 29.8 Å². The van der Waals surface area contributed by atoms with Crippen LogP contribution >= 0.6 is 11.3 Å². The highest BCUT2D eigenvalue weighted by molar-refractivity contribution is 7.11. The Morgan fingerprint density at radius 2 is 1.93 bits per heavy atom. The summed E-state index contributed by atoms with van der Waals surface area (Å²) in [6, 6.07) is 3.99. The van der Waals surface area contributed by atoms with Gasteiger partial charge in [-0.2, -0.15) is 0 Å². The van der Waals surface area contributed by atoms with E-state index < -0.39 is 0 Å². The fourth-order valence-electron chi connectivity index (χ4n) is 1.61. The maximum absolute atomic E-state index is 5.37. The highest BCUT2D eigenvalue weighted by atomic mass is 32.1. The summed E-state index contributed by atoms with van der Waals surface area (Å²) in [5, 5.41) is 4.51. The summed E-state index contributed by atoms with van der Waals surface area (Å²) in [4.78, 5) is 1.26. The van der Waals surface area contributed by atoms with Crippen molar-refractivity contribution in [1.82, 2.24) is 0 Å². The lowest BCUT2D eigenvalue weighted by Crippen LogP contribution is -1.90. The van der Waals surface area contributed by atoms with E-state index in [1.807, 2.05) is 6.07 Å². The highest BCUT2D eigenvalue weighted by Gasteiger charge is 2.11. The molecule has 2 aromatic rings. The fraction of sp³-hybridized carbons (Fsp3) is 0.273. The Hall–Kier alpha value is -1.22. The molecule has 3 heteroatoms. The minimum Gasteiger partial charge on any atom is -0.493 e. The number of thiophene rings is 1. The van der Waals surface area contributed by atoms with Crippen LogP contribution in [-0.4, -0.2) is 14.2 Å². The molecule has 0 bridgehead atoms. The van der Waals surface area contributed by atoms with E-state index in [1.165, 1.54) is 10.3 Å². The Kier molecular flexibility index (Phi) is 2.33. The molecule has 0 N–H and O–H groups in total. The second-order valence-electron chi connectivity index (χ2n) is 3.06. The van der Waals surface area contributed by atoms with Gasteiger partial charge < -0.3 is 9.47 Å². The van der Waals surface area contributed by atoms with Gasteiger partial charge in [-0.15, -0.1) is 11.3 Å². The largest absolute Gasteiger partial charge is 0.493 e. The highest BCUT2D eigenvalue weighted by Crippen LogP contribution is 2.39. The number of benzene rings is 1. The van der Waals surface area contributed by atoms with E-state index in [0.717, 1.165) is 16.9 Å². The standard InChI is InChI=1S/C11H12O2S/c1-7-10-8(6-14-7)4-5-9(12-2)11(10)13-3/h4-6H,1-3H3. The van der Waals surface area contributed by atoms with E-state index in [0.29, 0.717) is 0 Å². The van der Waals surface area contributed by atoms with Gasteiger partial charge >= 0.3 is 0 Å². The smallest absolute Gasteiger partial charge is 0.169 e. The van der Waals surface area contributed by atoms with Crippen LogP contribution in [0.1, 0.15) is 4.88 Å². The van der Waals surface area contributed by atoms with Crippen molar-refractivity contribution >= 4 is 22.1 Å². The van der Waals surface area contributed by atoms with Crippen LogP contribution in [0.4, 0.5) is 0 Å². The minimum atomic E-state index is 0.793. The van der Waals surface area contributed by atoms with E-state index in [1.54, 1.807) is 25.6 Å². The molecule has 1 heterocycles. The van der Waals surface area contributed by atoms with Crippen molar-refractivity contribution < 1.29 is 9.47 Å². The molecule has 1 aromatic carbocycles. The monoisotopic (exact) mass is 208 g/mol. The van der Waals surface area contributed by atoms with Crippen molar-refractivity contribution in [1.29, 1.82) is 0 Å². The molecular weight excluding hydrogens is 196 g/mol. The predicted molar refractivity (Wildman–Crippen MR) is 59.7 cm³/mol. The normalized spacial score (nSPS) is 10.5. The first-order chi connectivity index (χ1) is 6.77. The van der Waals surface area contributed by atoms with Crippen molar-refractivity contribution in [2.45, 2.75) is 6.92 Å². The SMILES string of the molecule is COc1ccc2csc(C)c2c1OC. The second-order valence-corrected chi connectivity index (χ2v) is 4.14. The molecule has 0 atom stereocenters. The van der Waals surface area contributed by atoms with Crippen LogP contribution in [0, 0.1) is 6.92 Å². The third kappa shape index (κ3) is 1.24. The van der Waals surface area contributed by atoms with Crippen molar-refractivity contribution in [2.24, 2.45) is 0 Å². The maximum atomic E-state index is 5.37. The van der Waals surface area contributed by atoms with Crippen LogP contribution in [0.3, 0.4) is 0 Å². The van der Waals surface area contributed by atoms with Gasteiger partial charge in [-0.25, -0.2) is 0 Å². The van der Waals surface area contributed by atoms with Crippen LogP contribution < -0.4 is 9.47 Å². The van der Waals surface area contributed by atoms with Gasteiger partial charge in [0.05, 0.1) is 14.2 Å². The van der Waals surface area contributed by atoms with Crippen LogP contribution in [0.25, 0.3) is 10.8 Å². The first-order valence-corrected chi connectivity index (χ1v) is 5.24. The van der Waals surface area contributed by atoms with E-state index in [-0.39, 0.29) is 0 Å². The summed E-state index contributed by atoms with van der Waals surface area (Å²) in [6.07, 6.45) is 0. The molecule has 0 unspecified atom stereocenters. The Morgan fingerprint density at radius 1 is 1.14 bits per heavy atom. The molecule has 0 radical (unpaired) electrons. The van der Waals surface area contributed by atoms with Gasteiger partial charge in [0.2, 0.25) is 0 Å². The van der Waals surface area contributed by atoms with Crippen LogP contribution in [-0.2, 0) is 0 Å². The molecule has 0 saturated carbocycles. The first-order valence-electron chi connectivity index (χ1n) is 4.36. The van der Waals surface area contributed by atoms with Crippen molar-refractivity contribution in [3.05, 3.63) is 22.4 Å². The predicted octanol–water partition coefficient (Wildman–Crippen LogP) is 3.23. The van der Waals surface area contributed by atoms with Gasteiger partial charge in [0.25, 0.3) is 0 Å². The van der Waals surface area contributed by atoms with E-state index in [4.69, 9.17) is 9.47 Å². The van der Waals surface area contributed by atoms with Crippen LogP contribution in [0.5, 0.6) is 11.5 Å². The van der Waals surface area contributed by atoms with Crippen LogP contribution in [0.15, 0.2) is 17.5 Å². The zero-order valence-corrected chi connectivity index (χ0v) is 9.27. The van der Waals surface area contributed by atoms with Crippen molar-refractivity contribution in [3.63, 3.8) is 0 Å². The van der Waals surface area contributed by atoms with Gasteiger partial charge in [0.15, 0.2) is 11.5 Å². The summed E-state index contributed by atoms with van der Waals surface area (Å²) in [5.41, 5.74) is 0.